The van der Waals surface area contributed by atoms with Gasteiger partial charge < -0.3 is 44.2 Å². The summed E-state index contributed by atoms with van der Waals surface area (Å²) in [6.45, 7) is -0.234. The average Bonchev–Trinajstić information content (AvgIpc) is 2.33. The summed E-state index contributed by atoms with van der Waals surface area (Å²) in [5.41, 5.74) is 24.5. The number of urea groups is 1. The Kier molecular flexibility index (Phi) is 10.2. The fourth-order valence-corrected chi connectivity index (χ4v) is 0.580. The number of carbonyl (C=O) groups excluding carboxylic acids is 1. The Balaban J connectivity index is 0. The van der Waals surface area contributed by atoms with Crippen LogP contribution in [0.5, 0.6) is 0 Å². The number of aliphatic imine (C=N–C) groups is 1. The predicted molar refractivity (Wildman–Crippen MR) is 69.5 cm³/mol. The number of nitrogens with one attached hydrogen (secondary N) is 1. The molecule has 0 aromatic carbocycles. The highest BCUT2D eigenvalue weighted by atomic mass is 16.4. The Morgan fingerprint density at radius 2 is 1.45 bits per heavy atom. The van der Waals surface area contributed by atoms with Gasteiger partial charge in [-0.05, 0) is 0 Å². The number of aliphatic carboxylic acids is 2. The molecule has 20 heavy (non-hydrogen) atoms. The lowest BCUT2D eigenvalue weighted by Crippen LogP contribution is -2.44. The summed E-state index contributed by atoms with van der Waals surface area (Å²) in [5, 5.41) is 18.5. The molecule has 0 saturated carbocycles. The van der Waals surface area contributed by atoms with Gasteiger partial charge in [-0.2, -0.15) is 0 Å². The fourth-order valence-electron chi connectivity index (χ4n) is 0.580. The predicted octanol–water partition coefficient (Wildman–Crippen LogP) is -4.26. The molecular formula is C8H19N7O5. The highest BCUT2D eigenvalue weighted by Crippen LogP contribution is 1.78. The van der Waals surface area contributed by atoms with Crippen molar-refractivity contribution in [2.24, 2.45) is 33.7 Å². The van der Waals surface area contributed by atoms with Crippen LogP contribution in [0.15, 0.2) is 4.99 Å². The van der Waals surface area contributed by atoms with Gasteiger partial charge in [0.1, 0.15) is 12.1 Å². The van der Waals surface area contributed by atoms with E-state index in [1.165, 1.54) is 0 Å². The molecule has 0 rings (SSSR count). The third-order valence-electron chi connectivity index (χ3n) is 1.60. The van der Waals surface area contributed by atoms with Gasteiger partial charge >= 0.3 is 18.0 Å². The van der Waals surface area contributed by atoms with Crippen molar-refractivity contribution in [3.05, 3.63) is 0 Å². The number of hydrogen-bond donors (Lipinski definition) is 8. The third kappa shape index (κ3) is 13.5. The van der Waals surface area contributed by atoms with Gasteiger partial charge in [-0.1, -0.05) is 0 Å². The van der Waals surface area contributed by atoms with Gasteiger partial charge in [0.2, 0.25) is 0 Å². The summed E-state index contributed by atoms with van der Waals surface area (Å²) in [6, 6.07) is -2.90. The molecule has 0 radical (unpaired) electrons. The molecule has 2 unspecified atom stereocenters. The van der Waals surface area contributed by atoms with Gasteiger partial charge in [0.25, 0.3) is 0 Å². The molecule has 2 amide bonds. The van der Waals surface area contributed by atoms with E-state index in [1.807, 2.05) is 0 Å². The number of carbonyl (C=O) groups is 3. The van der Waals surface area contributed by atoms with Crippen LogP contribution < -0.4 is 34.0 Å². The number of guanidine groups is 1. The van der Waals surface area contributed by atoms with E-state index < -0.39 is 30.1 Å². The van der Waals surface area contributed by atoms with Gasteiger partial charge in [-0.25, -0.2) is 4.79 Å². The zero-order valence-corrected chi connectivity index (χ0v) is 10.5. The first kappa shape index (κ1) is 19.7. The van der Waals surface area contributed by atoms with Crippen molar-refractivity contribution in [2.75, 3.05) is 13.1 Å². The Labute approximate surface area is 114 Å². The Hall–Kier alpha value is -2.60. The lowest BCUT2D eigenvalue weighted by Gasteiger charge is -2.04. The number of carboxylic acids is 2. The Morgan fingerprint density at radius 3 is 1.75 bits per heavy atom. The number of amides is 2. The molecule has 0 aliphatic heterocycles. The molecule has 0 heterocycles. The number of nitrogens with two attached hydrogens (primary N) is 5. The molecule has 0 bridgehead atoms. The van der Waals surface area contributed by atoms with E-state index in [0.29, 0.717) is 0 Å². The van der Waals surface area contributed by atoms with Gasteiger partial charge in [0.15, 0.2) is 5.96 Å². The van der Waals surface area contributed by atoms with Crippen molar-refractivity contribution in [3.63, 3.8) is 0 Å². The van der Waals surface area contributed by atoms with Crippen LogP contribution in [0.1, 0.15) is 0 Å². The van der Waals surface area contributed by atoms with Crippen molar-refractivity contribution in [3.8, 4) is 0 Å². The maximum absolute atomic E-state index is 10.0. The second-order valence-electron chi connectivity index (χ2n) is 3.40. The van der Waals surface area contributed by atoms with Crippen LogP contribution in [0.4, 0.5) is 4.79 Å². The topological polar surface area (TPSA) is 246 Å². The first-order chi connectivity index (χ1) is 9.07. The monoisotopic (exact) mass is 293 g/mol. The van der Waals surface area contributed by atoms with Crippen LogP contribution in [0.2, 0.25) is 0 Å². The molecule has 0 aromatic rings. The summed E-state index contributed by atoms with van der Waals surface area (Å²) in [5.74, 6) is -2.45. The van der Waals surface area contributed by atoms with E-state index >= 15 is 0 Å². The van der Waals surface area contributed by atoms with Crippen molar-refractivity contribution < 1.29 is 24.6 Å². The highest BCUT2D eigenvalue weighted by Gasteiger charge is 2.10. The molecule has 12 nitrogen and oxygen atoms in total. The standard InChI is InChI=1S/C4H10N4O2.C4H9N3O3/c5-2(3(9)10)1-8-4(6)7;5-2(3(8)9)1-7-4(6)10/h2H,1,5H2,(H,9,10)(H4,6,7,8);2H,1,5H2,(H,8,9)(H3,6,7,10). The summed E-state index contributed by atoms with van der Waals surface area (Å²) in [7, 11) is 0. The molecule has 0 fully saturated rings. The van der Waals surface area contributed by atoms with Crippen molar-refractivity contribution in [2.45, 2.75) is 12.1 Å². The fraction of sp³-hybridized carbons (Fsp3) is 0.500. The molecule has 0 aliphatic rings. The van der Waals surface area contributed by atoms with E-state index in [-0.39, 0.29) is 19.0 Å². The van der Waals surface area contributed by atoms with Crippen molar-refractivity contribution >= 4 is 23.9 Å². The van der Waals surface area contributed by atoms with Crippen LogP contribution >= 0.6 is 0 Å². The second kappa shape index (κ2) is 10.3. The van der Waals surface area contributed by atoms with Crippen LogP contribution in [0.25, 0.3) is 0 Å². The Morgan fingerprint density at radius 1 is 1.00 bits per heavy atom. The van der Waals surface area contributed by atoms with E-state index in [4.69, 9.17) is 33.1 Å². The van der Waals surface area contributed by atoms with E-state index in [2.05, 4.69) is 16.0 Å². The summed E-state index contributed by atoms with van der Waals surface area (Å²) >= 11 is 0. The first-order valence-electron chi connectivity index (χ1n) is 5.13. The maximum Gasteiger partial charge on any atom is 0.322 e. The molecule has 0 saturated heterocycles. The van der Waals surface area contributed by atoms with Gasteiger partial charge in [-0.15, -0.1) is 0 Å². The molecule has 0 aliphatic carbocycles. The number of carboxylic acid groups (broad SMARTS) is 2. The van der Waals surface area contributed by atoms with Crippen LogP contribution in [-0.2, 0) is 9.59 Å². The molecule has 13 N–H and O–H groups in total. The number of rotatable bonds is 6. The Bertz CT molecular complexity index is 368. The first-order valence-corrected chi connectivity index (χ1v) is 5.13. The quantitative estimate of drug-likeness (QED) is 0.174. The van der Waals surface area contributed by atoms with E-state index in [9.17, 15) is 14.4 Å². The van der Waals surface area contributed by atoms with Crippen LogP contribution in [0, 0.1) is 0 Å². The lowest BCUT2D eigenvalue weighted by molar-refractivity contribution is -0.139. The maximum atomic E-state index is 10.0. The smallest absolute Gasteiger partial charge is 0.322 e. The number of nitrogens with zero attached hydrogens (tertiary/aromatic N) is 1. The molecule has 116 valence electrons. The minimum Gasteiger partial charge on any atom is -0.480 e. The summed E-state index contributed by atoms with van der Waals surface area (Å²) < 4.78 is 0. The molecule has 12 heteroatoms. The molecular weight excluding hydrogens is 274 g/mol. The lowest BCUT2D eigenvalue weighted by atomic mass is 10.3. The molecule has 2 atom stereocenters. The normalized spacial score (nSPS) is 12.1. The summed E-state index contributed by atoms with van der Waals surface area (Å²) in [4.78, 5) is 33.4. The van der Waals surface area contributed by atoms with Crippen molar-refractivity contribution in [1.29, 1.82) is 0 Å². The zero-order chi connectivity index (χ0) is 16.3. The van der Waals surface area contributed by atoms with Crippen LogP contribution in [0.3, 0.4) is 0 Å². The zero-order valence-electron chi connectivity index (χ0n) is 10.5. The van der Waals surface area contributed by atoms with E-state index in [0.717, 1.165) is 0 Å². The minimum absolute atomic E-state index is 0.0856. The minimum atomic E-state index is -1.17. The van der Waals surface area contributed by atoms with Crippen LogP contribution in [-0.4, -0.2) is 59.3 Å². The average molecular weight is 293 g/mol. The SMILES string of the molecule is NC(=O)NCC(N)C(=O)O.NC(N)=NCC(N)C(=O)O. The van der Waals surface area contributed by atoms with Gasteiger partial charge in [-0.3, -0.25) is 14.6 Å². The van der Waals surface area contributed by atoms with Crippen molar-refractivity contribution in [1.82, 2.24) is 5.32 Å². The molecule has 0 aromatic heterocycles. The molecule has 0 spiro atoms. The second-order valence-corrected chi connectivity index (χ2v) is 3.40. The largest absolute Gasteiger partial charge is 0.480 e. The number of hydrogen-bond acceptors (Lipinski definition) is 6. The number of primary amides is 1. The third-order valence-corrected chi connectivity index (χ3v) is 1.60. The van der Waals surface area contributed by atoms with Gasteiger partial charge in [0.05, 0.1) is 6.54 Å². The highest BCUT2D eigenvalue weighted by molar-refractivity contribution is 5.77. The summed E-state index contributed by atoms with van der Waals surface area (Å²) in [6.07, 6.45) is 0. The van der Waals surface area contributed by atoms with Gasteiger partial charge in [0, 0.05) is 6.54 Å². The van der Waals surface area contributed by atoms with E-state index in [1.54, 1.807) is 0 Å².